The molecule has 3 N–H and O–H groups in total. The van der Waals surface area contributed by atoms with Crippen molar-refractivity contribution in [1.82, 2.24) is 10.9 Å². The van der Waals surface area contributed by atoms with Gasteiger partial charge in [-0.05, 0) is 66.4 Å². The van der Waals surface area contributed by atoms with Gasteiger partial charge in [-0.2, -0.15) is 0 Å². The summed E-state index contributed by atoms with van der Waals surface area (Å²) in [6, 6.07) is 18.0. The van der Waals surface area contributed by atoms with Gasteiger partial charge in [0.2, 0.25) is 5.91 Å². The summed E-state index contributed by atoms with van der Waals surface area (Å²) in [6.45, 7) is 0. The molecule has 0 radical (unpaired) electrons. The van der Waals surface area contributed by atoms with E-state index < -0.39 is 27.8 Å². The first-order valence-corrected chi connectivity index (χ1v) is 11.9. The van der Waals surface area contributed by atoms with Crippen molar-refractivity contribution in [2.24, 2.45) is 5.92 Å². The van der Waals surface area contributed by atoms with E-state index in [1.54, 1.807) is 42.5 Å². The molecule has 4 rings (SSSR count). The Bertz CT molecular complexity index is 1330. The molecular weight excluding hydrogens is 461 g/mol. The summed E-state index contributed by atoms with van der Waals surface area (Å²) in [7, 11) is -2.46. The Labute approximate surface area is 196 Å². The summed E-state index contributed by atoms with van der Waals surface area (Å²) in [6.07, 6.45) is 0.480. The van der Waals surface area contributed by atoms with Crippen LogP contribution in [0.25, 0.3) is 0 Å². The van der Waals surface area contributed by atoms with Gasteiger partial charge in [-0.25, -0.2) is 12.8 Å². The van der Waals surface area contributed by atoms with Crippen LogP contribution in [0, 0.1) is 11.7 Å². The number of methoxy groups -OCH3 is 1. The van der Waals surface area contributed by atoms with Gasteiger partial charge in [-0.1, -0.05) is 24.3 Å². The summed E-state index contributed by atoms with van der Waals surface area (Å²) < 4.78 is 46.8. The second-order valence-corrected chi connectivity index (χ2v) is 9.46. The lowest BCUT2D eigenvalue weighted by Gasteiger charge is -2.11. The molecule has 3 aromatic rings. The maximum atomic E-state index is 13.9. The first-order valence-electron chi connectivity index (χ1n) is 10.4. The molecule has 1 aliphatic rings. The van der Waals surface area contributed by atoms with Crippen LogP contribution in [0.5, 0.6) is 5.75 Å². The number of ether oxygens (including phenoxy) is 1. The topological polar surface area (TPSA) is 114 Å². The van der Waals surface area contributed by atoms with Crippen molar-refractivity contribution in [1.29, 1.82) is 0 Å². The molecule has 176 valence electrons. The number of anilines is 1. The van der Waals surface area contributed by atoms with Gasteiger partial charge in [0.1, 0.15) is 11.6 Å². The molecule has 0 aromatic heterocycles. The van der Waals surface area contributed by atoms with Crippen LogP contribution in [0.15, 0.2) is 77.7 Å². The van der Waals surface area contributed by atoms with Crippen LogP contribution in [0.1, 0.15) is 28.3 Å². The lowest BCUT2D eigenvalue weighted by molar-refractivity contribution is -0.123. The highest BCUT2D eigenvalue weighted by Gasteiger charge is 2.45. The number of carbonyl (C=O) groups is 2. The van der Waals surface area contributed by atoms with Crippen LogP contribution in [0.3, 0.4) is 0 Å². The molecule has 10 heteroatoms. The smallest absolute Gasteiger partial charge is 0.269 e. The van der Waals surface area contributed by atoms with Crippen molar-refractivity contribution in [2.45, 2.75) is 17.2 Å². The molecule has 8 nitrogen and oxygen atoms in total. The first kappa shape index (κ1) is 23.2. The summed E-state index contributed by atoms with van der Waals surface area (Å²) >= 11 is 0. The highest BCUT2D eigenvalue weighted by Crippen LogP contribution is 2.48. The predicted octanol–water partition coefficient (Wildman–Crippen LogP) is 3.20. The highest BCUT2D eigenvalue weighted by atomic mass is 32.2. The molecule has 2 atom stereocenters. The molecule has 0 spiro atoms. The van der Waals surface area contributed by atoms with Gasteiger partial charge in [0.15, 0.2) is 0 Å². The second kappa shape index (κ2) is 9.52. The standard InChI is InChI=1S/C24H22FN3O5S/c1-33-17-11-9-16(10-12-17)28-34(31,32)18-6-4-5-15(13-18)23(29)26-27-24(30)21-14-20(21)19-7-2-3-8-22(19)25/h2-13,20-21,28H,14H2,1H3,(H,26,29)(H,27,30). The Morgan fingerprint density at radius 2 is 1.71 bits per heavy atom. The van der Waals surface area contributed by atoms with Crippen molar-refractivity contribution in [3.05, 3.63) is 89.7 Å². The minimum Gasteiger partial charge on any atom is -0.497 e. The van der Waals surface area contributed by atoms with E-state index in [9.17, 15) is 22.4 Å². The Balaban J connectivity index is 1.37. The molecule has 0 saturated heterocycles. The summed E-state index contributed by atoms with van der Waals surface area (Å²) in [5.41, 5.74) is 5.46. The molecule has 0 aliphatic heterocycles. The Morgan fingerprint density at radius 1 is 0.971 bits per heavy atom. The van der Waals surface area contributed by atoms with Crippen molar-refractivity contribution < 1.29 is 27.1 Å². The highest BCUT2D eigenvalue weighted by molar-refractivity contribution is 7.92. The van der Waals surface area contributed by atoms with E-state index in [4.69, 9.17) is 4.74 Å². The number of hydrogen-bond acceptors (Lipinski definition) is 5. The molecule has 1 saturated carbocycles. The summed E-state index contributed by atoms with van der Waals surface area (Å²) in [4.78, 5) is 24.7. The number of halogens is 1. The molecule has 34 heavy (non-hydrogen) atoms. The molecule has 3 aromatic carbocycles. The summed E-state index contributed by atoms with van der Waals surface area (Å²) in [5.74, 6) is -1.60. The van der Waals surface area contributed by atoms with Crippen molar-refractivity contribution in [2.75, 3.05) is 11.8 Å². The number of nitrogens with one attached hydrogen (secondary N) is 3. The van der Waals surface area contributed by atoms with Crippen molar-refractivity contribution in [3.8, 4) is 5.75 Å². The number of benzene rings is 3. The van der Waals surface area contributed by atoms with Crippen LogP contribution in [-0.2, 0) is 14.8 Å². The zero-order chi connectivity index (χ0) is 24.3. The van der Waals surface area contributed by atoms with Gasteiger partial charge in [-0.3, -0.25) is 25.2 Å². The van der Waals surface area contributed by atoms with Gasteiger partial charge in [0, 0.05) is 17.2 Å². The monoisotopic (exact) mass is 483 g/mol. The summed E-state index contributed by atoms with van der Waals surface area (Å²) in [5, 5.41) is 0. The largest absolute Gasteiger partial charge is 0.497 e. The molecule has 0 heterocycles. The SMILES string of the molecule is COc1ccc(NS(=O)(=O)c2cccc(C(=O)NNC(=O)C3CC3c3ccccc3F)c2)cc1. The predicted molar refractivity (Wildman–Crippen MR) is 123 cm³/mol. The Kier molecular flexibility index (Phi) is 6.51. The van der Waals surface area contributed by atoms with Crippen LogP contribution in [0.4, 0.5) is 10.1 Å². The van der Waals surface area contributed by atoms with E-state index in [-0.39, 0.29) is 22.2 Å². The fourth-order valence-electron chi connectivity index (χ4n) is 3.57. The molecule has 1 fully saturated rings. The number of sulfonamides is 1. The Morgan fingerprint density at radius 3 is 2.41 bits per heavy atom. The van der Waals surface area contributed by atoms with Gasteiger partial charge in [0.25, 0.3) is 15.9 Å². The number of hydrogen-bond donors (Lipinski definition) is 3. The van der Waals surface area contributed by atoms with Crippen molar-refractivity contribution >= 4 is 27.5 Å². The third-order valence-corrected chi connectivity index (χ3v) is 6.86. The number of amides is 2. The maximum Gasteiger partial charge on any atom is 0.269 e. The quantitative estimate of drug-likeness (QED) is 0.447. The van der Waals surface area contributed by atoms with Gasteiger partial charge >= 0.3 is 0 Å². The third kappa shape index (κ3) is 5.18. The average Bonchev–Trinajstić information content (AvgIpc) is 3.64. The zero-order valence-corrected chi connectivity index (χ0v) is 18.9. The zero-order valence-electron chi connectivity index (χ0n) is 18.1. The van der Waals surface area contributed by atoms with Crippen molar-refractivity contribution in [3.63, 3.8) is 0 Å². The molecule has 2 unspecified atom stereocenters. The van der Waals surface area contributed by atoms with Crippen LogP contribution >= 0.6 is 0 Å². The lowest BCUT2D eigenvalue weighted by atomic mass is 10.1. The maximum absolute atomic E-state index is 13.9. The number of hydrazine groups is 1. The van der Waals surface area contributed by atoms with Gasteiger partial charge in [-0.15, -0.1) is 0 Å². The van der Waals surface area contributed by atoms with Gasteiger partial charge < -0.3 is 4.74 Å². The number of rotatable bonds is 7. The van der Waals surface area contributed by atoms with Gasteiger partial charge in [0.05, 0.1) is 12.0 Å². The van der Waals surface area contributed by atoms with E-state index in [0.717, 1.165) is 0 Å². The number of carbonyl (C=O) groups excluding carboxylic acids is 2. The normalized spacial score (nSPS) is 16.9. The molecule has 2 amide bonds. The Hall–Kier alpha value is -3.92. The van der Waals surface area contributed by atoms with Crippen LogP contribution in [0.2, 0.25) is 0 Å². The second-order valence-electron chi connectivity index (χ2n) is 7.78. The minimum absolute atomic E-state index is 0.0411. The van der Waals surface area contributed by atoms with E-state index in [2.05, 4.69) is 15.6 Å². The fraction of sp³-hybridized carbons (Fsp3) is 0.167. The van der Waals surface area contributed by atoms with Crippen LogP contribution < -0.4 is 20.3 Å². The van der Waals surface area contributed by atoms with E-state index in [1.807, 2.05) is 0 Å². The molecule has 1 aliphatic carbocycles. The van der Waals surface area contributed by atoms with Crippen LogP contribution in [-0.4, -0.2) is 27.3 Å². The lowest BCUT2D eigenvalue weighted by Crippen LogP contribution is -2.42. The first-order chi connectivity index (χ1) is 16.3. The van der Waals surface area contributed by atoms with E-state index in [1.165, 1.54) is 37.4 Å². The average molecular weight is 484 g/mol. The molecule has 0 bridgehead atoms. The molecular formula is C24H22FN3O5S. The van der Waals surface area contributed by atoms with E-state index in [0.29, 0.717) is 23.4 Å². The fourth-order valence-corrected chi connectivity index (χ4v) is 4.67. The third-order valence-electron chi connectivity index (χ3n) is 5.48. The van der Waals surface area contributed by atoms with E-state index >= 15 is 0 Å². The minimum atomic E-state index is -3.96.